The lowest BCUT2D eigenvalue weighted by atomic mass is 9.88. The second-order valence-electron chi connectivity index (χ2n) is 11.1. The highest BCUT2D eigenvalue weighted by atomic mass is 32.2. The van der Waals surface area contributed by atoms with Crippen LogP contribution in [0.5, 0.6) is 11.5 Å². The Morgan fingerprint density at radius 1 is 1.10 bits per heavy atom. The molecule has 3 aliphatic rings. The zero-order chi connectivity index (χ0) is 30.0. The van der Waals surface area contributed by atoms with Gasteiger partial charge in [-0.05, 0) is 55.7 Å². The number of aliphatic hydroxyl groups excluding tert-OH is 2. The third-order valence-electron chi connectivity index (χ3n) is 8.12. The molecule has 232 valence electrons. The molecule has 3 N–H and O–H groups in total. The van der Waals surface area contributed by atoms with Crippen LogP contribution in [0.1, 0.15) is 19.3 Å². The number of nitrogens with one attached hydrogen (secondary N) is 1. The molecule has 0 aromatic heterocycles. The molecule has 2 fully saturated rings. The van der Waals surface area contributed by atoms with Crippen molar-refractivity contribution in [2.45, 2.75) is 46.8 Å². The summed E-state index contributed by atoms with van der Waals surface area (Å²) in [5.41, 5.74) is 0.367. The fourth-order valence-electron chi connectivity index (χ4n) is 5.65. The first kappa shape index (κ1) is 31.0. The van der Waals surface area contributed by atoms with Crippen molar-refractivity contribution >= 4 is 25.5 Å². The Labute approximate surface area is 247 Å². The van der Waals surface area contributed by atoms with Crippen LogP contribution in [-0.4, -0.2) is 115 Å². The van der Waals surface area contributed by atoms with Gasteiger partial charge in [-0.15, -0.1) is 0 Å². The van der Waals surface area contributed by atoms with Crippen LogP contribution in [0.2, 0.25) is 0 Å². The molecule has 2 unspecified atom stereocenters. The number of hydrogen-bond donors (Lipinski definition) is 3. The van der Waals surface area contributed by atoms with E-state index in [1.54, 1.807) is 30.3 Å². The molecule has 1 spiro atoms. The summed E-state index contributed by atoms with van der Waals surface area (Å²) in [6, 6.07) is 11.0. The maximum absolute atomic E-state index is 13.4. The van der Waals surface area contributed by atoms with Gasteiger partial charge in [-0.25, -0.2) is 16.8 Å². The van der Waals surface area contributed by atoms with Crippen LogP contribution in [0.4, 0.5) is 5.69 Å². The van der Waals surface area contributed by atoms with Gasteiger partial charge in [-0.1, -0.05) is 6.07 Å². The first-order chi connectivity index (χ1) is 20.0. The van der Waals surface area contributed by atoms with E-state index in [9.17, 15) is 21.9 Å². The zero-order valence-corrected chi connectivity index (χ0v) is 25.3. The van der Waals surface area contributed by atoms with Crippen molar-refractivity contribution in [3.05, 3.63) is 42.5 Å². The van der Waals surface area contributed by atoms with E-state index in [1.807, 2.05) is 11.9 Å². The smallest absolute Gasteiger partial charge is 0.243 e. The lowest BCUT2D eigenvalue weighted by Crippen LogP contribution is -2.47. The van der Waals surface area contributed by atoms with E-state index >= 15 is 0 Å². The lowest BCUT2D eigenvalue weighted by Gasteiger charge is -2.38. The molecule has 14 heteroatoms. The number of sulfonamides is 1. The number of anilines is 1. The van der Waals surface area contributed by atoms with Crippen molar-refractivity contribution in [1.29, 1.82) is 0 Å². The Morgan fingerprint density at radius 3 is 2.64 bits per heavy atom. The molecule has 2 aromatic rings. The van der Waals surface area contributed by atoms with E-state index in [1.165, 1.54) is 16.4 Å². The topological polar surface area (TPSA) is 155 Å². The number of ether oxygens (including phenoxy) is 3. The summed E-state index contributed by atoms with van der Waals surface area (Å²) in [6.07, 6.45) is 1.03. The molecule has 42 heavy (non-hydrogen) atoms. The summed E-state index contributed by atoms with van der Waals surface area (Å²) in [4.78, 5) is 2.31. The number of sulfone groups is 1. The van der Waals surface area contributed by atoms with Crippen molar-refractivity contribution in [1.82, 2.24) is 9.62 Å². The number of piperidine rings is 1. The highest BCUT2D eigenvalue weighted by molar-refractivity contribution is 7.91. The summed E-state index contributed by atoms with van der Waals surface area (Å²) >= 11 is 0. The van der Waals surface area contributed by atoms with Gasteiger partial charge in [-0.2, -0.15) is 4.31 Å². The number of benzene rings is 2. The molecular formula is C28H39N3O9S2. The quantitative estimate of drug-likeness (QED) is 0.322. The first-order valence-electron chi connectivity index (χ1n) is 14.1. The summed E-state index contributed by atoms with van der Waals surface area (Å²) in [5.74, 6) is 0.631. The Balaban J connectivity index is 1.08. The first-order valence-corrected chi connectivity index (χ1v) is 17.2. The van der Waals surface area contributed by atoms with Gasteiger partial charge < -0.3 is 34.6 Å². The number of rotatable bonds is 11. The summed E-state index contributed by atoms with van der Waals surface area (Å²) < 4.78 is 70.1. The minimum atomic E-state index is -3.65. The highest BCUT2D eigenvalue weighted by Crippen LogP contribution is 2.39. The number of aliphatic hydroxyl groups is 2. The monoisotopic (exact) mass is 625 g/mol. The van der Waals surface area contributed by atoms with Gasteiger partial charge in [0.05, 0.1) is 46.6 Å². The summed E-state index contributed by atoms with van der Waals surface area (Å²) in [5, 5.41) is 22.7. The molecule has 2 saturated heterocycles. The van der Waals surface area contributed by atoms with E-state index in [0.29, 0.717) is 63.6 Å². The molecule has 3 aliphatic heterocycles. The van der Waals surface area contributed by atoms with E-state index in [-0.39, 0.29) is 34.7 Å². The summed E-state index contributed by atoms with van der Waals surface area (Å²) in [7, 11) is -5.33. The Kier molecular flexibility index (Phi) is 9.33. The minimum Gasteiger partial charge on any atom is -0.491 e. The normalized spacial score (nSPS) is 21.6. The van der Waals surface area contributed by atoms with Gasteiger partial charge in [0, 0.05) is 32.7 Å². The lowest BCUT2D eigenvalue weighted by molar-refractivity contribution is -0.0312. The Hall–Kier alpha value is -2.46. The van der Waals surface area contributed by atoms with Gasteiger partial charge >= 0.3 is 0 Å². The van der Waals surface area contributed by atoms with Gasteiger partial charge in [-0.3, -0.25) is 0 Å². The molecule has 0 amide bonds. The molecule has 2 aromatic carbocycles. The fourth-order valence-corrected chi connectivity index (χ4v) is 8.17. The molecule has 0 radical (unpaired) electrons. The predicted octanol–water partition coefficient (Wildman–Crippen LogP) is 0.623. The van der Waals surface area contributed by atoms with Gasteiger partial charge in [0.15, 0.2) is 9.84 Å². The fraction of sp³-hybridized carbons (Fsp3) is 0.571. The van der Waals surface area contributed by atoms with Crippen molar-refractivity contribution in [2.75, 3.05) is 70.3 Å². The number of hydrogen-bond acceptors (Lipinski definition) is 11. The van der Waals surface area contributed by atoms with Gasteiger partial charge in [0.25, 0.3) is 0 Å². The Bertz CT molecular complexity index is 1460. The summed E-state index contributed by atoms with van der Waals surface area (Å²) in [6.45, 7) is 2.21. The van der Waals surface area contributed by atoms with Crippen molar-refractivity contribution in [3.63, 3.8) is 0 Å². The van der Waals surface area contributed by atoms with Crippen LogP contribution in [0.25, 0.3) is 0 Å². The molecule has 0 bridgehead atoms. The molecule has 0 saturated carbocycles. The van der Waals surface area contributed by atoms with E-state index in [0.717, 1.165) is 5.69 Å². The van der Waals surface area contributed by atoms with Crippen molar-refractivity contribution < 1.29 is 41.3 Å². The Morgan fingerprint density at radius 2 is 1.88 bits per heavy atom. The van der Waals surface area contributed by atoms with Crippen LogP contribution in [0.15, 0.2) is 52.3 Å². The van der Waals surface area contributed by atoms with Gasteiger partial charge in [0.1, 0.15) is 30.8 Å². The van der Waals surface area contributed by atoms with Crippen molar-refractivity contribution in [3.8, 4) is 11.5 Å². The maximum atomic E-state index is 13.4. The maximum Gasteiger partial charge on any atom is 0.243 e. The van der Waals surface area contributed by atoms with Crippen LogP contribution in [-0.2, 0) is 24.6 Å². The van der Waals surface area contributed by atoms with Crippen LogP contribution < -0.4 is 19.7 Å². The van der Waals surface area contributed by atoms with Crippen LogP contribution in [0.3, 0.4) is 0 Å². The minimum absolute atomic E-state index is 0.00550. The van der Waals surface area contributed by atoms with E-state index in [2.05, 4.69) is 5.32 Å². The average Bonchev–Trinajstić information content (AvgIpc) is 3.37. The molecule has 2 atom stereocenters. The standard InChI is InChI=1S/C28H39N3O9S2/c1-30-11-13-38-27-6-5-25(16-26(27)30)42(36,37)31-9-7-28(8-10-31)17-21(19-40-28)29-18-22(33)20-39-23-3-2-4-24(15-23)41(34,35)14-12-32/h2-6,15-16,21-22,29,32-33H,7-14,17-20H2,1H3. The third kappa shape index (κ3) is 6.85. The molecule has 0 aliphatic carbocycles. The number of fused-ring (bicyclic) bond motifs is 1. The molecule has 3 heterocycles. The van der Waals surface area contributed by atoms with Gasteiger partial charge in [0.2, 0.25) is 10.0 Å². The van der Waals surface area contributed by atoms with E-state index in [4.69, 9.17) is 19.3 Å². The SMILES string of the molecule is CN1CCOc2ccc(S(=O)(=O)N3CCC4(CC3)CC(NCC(O)COc3cccc(S(=O)(=O)CCO)c3)CO4)cc21. The second-order valence-corrected chi connectivity index (χ2v) is 15.1. The molecular weight excluding hydrogens is 586 g/mol. The zero-order valence-electron chi connectivity index (χ0n) is 23.6. The third-order valence-corrected chi connectivity index (χ3v) is 11.7. The number of likely N-dealkylation sites (N-methyl/N-ethyl adjacent to an activating group) is 1. The largest absolute Gasteiger partial charge is 0.491 e. The van der Waals surface area contributed by atoms with E-state index < -0.39 is 38.2 Å². The highest BCUT2D eigenvalue weighted by Gasteiger charge is 2.45. The molecule has 12 nitrogen and oxygen atoms in total. The second kappa shape index (κ2) is 12.6. The van der Waals surface area contributed by atoms with Crippen LogP contribution >= 0.6 is 0 Å². The molecule has 5 rings (SSSR count). The van der Waals surface area contributed by atoms with Crippen molar-refractivity contribution in [2.24, 2.45) is 0 Å². The van der Waals surface area contributed by atoms with Crippen LogP contribution in [0, 0.1) is 0 Å². The average molecular weight is 626 g/mol. The number of nitrogens with zero attached hydrogens (tertiary/aromatic N) is 2. The predicted molar refractivity (Wildman–Crippen MR) is 155 cm³/mol.